The molecule has 1 atom stereocenters. The lowest BCUT2D eigenvalue weighted by atomic mass is 9.97. The van der Waals surface area contributed by atoms with Crippen molar-refractivity contribution >= 4 is 0 Å². The van der Waals surface area contributed by atoms with Gasteiger partial charge < -0.3 is 14.8 Å². The van der Waals surface area contributed by atoms with E-state index in [-0.39, 0.29) is 0 Å². The van der Waals surface area contributed by atoms with Gasteiger partial charge in [-0.2, -0.15) is 0 Å². The highest BCUT2D eigenvalue weighted by Crippen LogP contribution is 2.31. The number of nitrogens with one attached hydrogen (secondary N) is 1. The second-order valence-electron chi connectivity index (χ2n) is 3.15. The van der Waals surface area contributed by atoms with Crippen LogP contribution in [-0.4, -0.2) is 13.8 Å². The molecule has 0 aromatic rings. The van der Waals surface area contributed by atoms with Crippen LogP contribution in [0.1, 0.15) is 13.3 Å². The molecular weight excluding hydrogens is 154 g/mol. The Kier molecular flexibility index (Phi) is 1.71. The van der Waals surface area contributed by atoms with Gasteiger partial charge in [0, 0.05) is 31.2 Å². The SMILES string of the molecule is CNC1=CC2=C(CC1C)OCO2. The van der Waals surface area contributed by atoms with Gasteiger partial charge in [0.05, 0.1) is 0 Å². The Labute approximate surface area is 72.0 Å². The Morgan fingerprint density at radius 2 is 2.33 bits per heavy atom. The van der Waals surface area contributed by atoms with Crippen LogP contribution < -0.4 is 5.32 Å². The fourth-order valence-corrected chi connectivity index (χ4v) is 1.59. The van der Waals surface area contributed by atoms with Gasteiger partial charge in [0.1, 0.15) is 5.76 Å². The number of rotatable bonds is 1. The fourth-order valence-electron chi connectivity index (χ4n) is 1.59. The molecule has 0 spiro atoms. The van der Waals surface area contributed by atoms with E-state index in [4.69, 9.17) is 9.47 Å². The predicted molar refractivity (Wildman–Crippen MR) is 45.0 cm³/mol. The van der Waals surface area contributed by atoms with Crippen LogP contribution in [0.15, 0.2) is 23.3 Å². The number of hydrogen-bond donors (Lipinski definition) is 1. The van der Waals surface area contributed by atoms with Gasteiger partial charge in [-0.3, -0.25) is 0 Å². The molecule has 12 heavy (non-hydrogen) atoms. The Morgan fingerprint density at radius 3 is 3.08 bits per heavy atom. The molecule has 1 heterocycles. The first-order valence-corrected chi connectivity index (χ1v) is 4.19. The van der Waals surface area contributed by atoms with Crippen molar-refractivity contribution in [3.8, 4) is 0 Å². The number of ether oxygens (including phenoxy) is 2. The Morgan fingerprint density at radius 1 is 1.50 bits per heavy atom. The number of hydrogen-bond acceptors (Lipinski definition) is 3. The van der Waals surface area contributed by atoms with E-state index in [0.717, 1.165) is 17.9 Å². The molecule has 0 fully saturated rings. The molecular formula is C9H13NO2. The van der Waals surface area contributed by atoms with Gasteiger partial charge in [-0.15, -0.1) is 0 Å². The van der Waals surface area contributed by atoms with Gasteiger partial charge in [-0.1, -0.05) is 6.92 Å². The summed E-state index contributed by atoms with van der Waals surface area (Å²) in [5, 5.41) is 3.16. The minimum Gasteiger partial charge on any atom is -0.458 e. The second kappa shape index (κ2) is 2.73. The highest BCUT2D eigenvalue weighted by Gasteiger charge is 2.25. The summed E-state index contributed by atoms with van der Waals surface area (Å²) in [5.41, 5.74) is 1.22. The van der Waals surface area contributed by atoms with Gasteiger partial charge in [-0.25, -0.2) is 0 Å². The van der Waals surface area contributed by atoms with Gasteiger partial charge >= 0.3 is 0 Å². The number of allylic oxidation sites excluding steroid dienone is 3. The Hall–Kier alpha value is -1.12. The molecule has 1 aliphatic carbocycles. The van der Waals surface area contributed by atoms with Gasteiger partial charge in [-0.05, 0) is 0 Å². The normalized spacial score (nSPS) is 27.2. The van der Waals surface area contributed by atoms with Gasteiger partial charge in [0.15, 0.2) is 5.76 Å². The Balaban J connectivity index is 2.25. The summed E-state index contributed by atoms with van der Waals surface area (Å²) in [6, 6.07) is 0. The monoisotopic (exact) mass is 167 g/mol. The zero-order valence-corrected chi connectivity index (χ0v) is 7.39. The van der Waals surface area contributed by atoms with E-state index in [1.165, 1.54) is 5.70 Å². The molecule has 0 aromatic carbocycles. The van der Waals surface area contributed by atoms with Crippen molar-refractivity contribution in [1.82, 2.24) is 5.32 Å². The maximum absolute atomic E-state index is 5.31. The quantitative estimate of drug-likeness (QED) is 0.639. The fraction of sp³-hybridized carbons (Fsp3) is 0.556. The molecule has 3 heteroatoms. The average Bonchev–Trinajstić information content (AvgIpc) is 2.49. The van der Waals surface area contributed by atoms with Crippen LogP contribution in [0.25, 0.3) is 0 Å². The summed E-state index contributed by atoms with van der Waals surface area (Å²) in [6.45, 7) is 2.55. The molecule has 2 rings (SSSR count). The van der Waals surface area contributed by atoms with Crippen molar-refractivity contribution in [2.75, 3.05) is 13.8 Å². The molecule has 0 amide bonds. The summed E-state index contributed by atoms with van der Waals surface area (Å²) >= 11 is 0. The third-order valence-electron chi connectivity index (χ3n) is 2.32. The molecule has 66 valence electrons. The molecule has 1 aliphatic heterocycles. The van der Waals surface area contributed by atoms with Crippen molar-refractivity contribution in [2.45, 2.75) is 13.3 Å². The van der Waals surface area contributed by atoms with Crippen LogP contribution in [0.4, 0.5) is 0 Å². The van der Waals surface area contributed by atoms with Gasteiger partial charge in [0.25, 0.3) is 0 Å². The first kappa shape index (κ1) is 7.53. The van der Waals surface area contributed by atoms with Crippen LogP contribution in [0.5, 0.6) is 0 Å². The predicted octanol–water partition coefficient (Wildman–Crippen LogP) is 1.35. The molecule has 0 radical (unpaired) electrons. The van der Waals surface area contributed by atoms with Crippen LogP contribution in [0, 0.1) is 5.92 Å². The first-order valence-electron chi connectivity index (χ1n) is 4.19. The van der Waals surface area contributed by atoms with E-state index < -0.39 is 0 Å². The van der Waals surface area contributed by atoms with Gasteiger partial charge in [0.2, 0.25) is 6.79 Å². The third kappa shape index (κ3) is 1.05. The molecule has 3 nitrogen and oxygen atoms in total. The minimum absolute atomic E-state index is 0.380. The standard InChI is InChI=1S/C9H13NO2/c1-6-3-8-9(12-5-11-8)4-7(6)10-2/h4,6,10H,3,5H2,1-2H3. The summed E-state index contributed by atoms with van der Waals surface area (Å²) in [7, 11) is 1.93. The zero-order valence-electron chi connectivity index (χ0n) is 7.39. The molecule has 1 N–H and O–H groups in total. The lowest BCUT2D eigenvalue weighted by molar-refractivity contribution is 0.0720. The highest BCUT2D eigenvalue weighted by molar-refractivity contribution is 5.28. The lowest BCUT2D eigenvalue weighted by Crippen LogP contribution is -2.17. The molecule has 2 aliphatic rings. The van der Waals surface area contributed by atoms with Crippen molar-refractivity contribution in [2.24, 2.45) is 5.92 Å². The minimum atomic E-state index is 0.380. The molecule has 0 bridgehead atoms. The van der Waals surface area contributed by atoms with Crippen LogP contribution in [0.2, 0.25) is 0 Å². The van der Waals surface area contributed by atoms with E-state index in [0.29, 0.717) is 12.7 Å². The van der Waals surface area contributed by atoms with E-state index in [9.17, 15) is 0 Å². The van der Waals surface area contributed by atoms with Crippen LogP contribution in [0.3, 0.4) is 0 Å². The summed E-state index contributed by atoms with van der Waals surface area (Å²) in [5.74, 6) is 2.41. The van der Waals surface area contributed by atoms with E-state index in [1.54, 1.807) is 0 Å². The maximum Gasteiger partial charge on any atom is 0.230 e. The smallest absolute Gasteiger partial charge is 0.230 e. The molecule has 0 saturated heterocycles. The van der Waals surface area contributed by atoms with E-state index >= 15 is 0 Å². The van der Waals surface area contributed by atoms with Crippen LogP contribution >= 0.6 is 0 Å². The van der Waals surface area contributed by atoms with Crippen LogP contribution in [-0.2, 0) is 9.47 Å². The van der Waals surface area contributed by atoms with Crippen molar-refractivity contribution in [3.63, 3.8) is 0 Å². The highest BCUT2D eigenvalue weighted by atomic mass is 16.7. The Bertz CT molecular complexity index is 255. The topological polar surface area (TPSA) is 30.5 Å². The maximum atomic E-state index is 5.31. The van der Waals surface area contributed by atoms with E-state index in [2.05, 4.69) is 12.2 Å². The first-order chi connectivity index (χ1) is 5.81. The molecule has 1 unspecified atom stereocenters. The summed E-state index contributed by atoms with van der Waals surface area (Å²) in [4.78, 5) is 0. The van der Waals surface area contributed by atoms with E-state index in [1.807, 2.05) is 13.1 Å². The average molecular weight is 167 g/mol. The molecule has 0 saturated carbocycles. The summed E-state index contributed by atoms with van der Waals surface area (Å²) in [6.07, 6.45) is 2.97. The zero-order chi connectivity index (χ0) is 8.55. The lowest BCUT2D eigenvalue weighted by Gasteiger charge is -2.19. The van der Waals surface area contributed by atoms with Crippen molar-refractivity contribution in [3.05, 3.63) is 23.3 Å². The second-order valence-corrected chi connectivity index (χ2v) is 3.15. The van der Waals surface area contributed by atoms with Crippen molar-refractivity contribution in [1.29, 1.82) is 0 Å². The molecule has 0 aromatic heterocycles. The van der Waals surface area contributed by atoms with Crippen molar-refractivity contribution < 1.29 is 9.47 Å². The largest absolute Gasteiger partial charge is 0.458 e. The third-order valence-corrected chi connectivity index (χ3v) is 2.32. The summed E-state index contributed by atoms with van der Waals surface area (Å²) < 4.78 is 10.6.